The van der Waals surface area contributed by atoms with Gasteiger partial charge in [-0.1, -0.05) is 11.6 Å². The van der Waals surface area contributed by atoms with Gasteiger partial charge in [0, 0.05) is 6.42 Å². The van der Waals surface area contributed by atoms with E-state index in [0.29, 0.717) is 0 Å². The summed E-state index contributed by atoms with van der Waals surface area (Å²) in [5, 5.41) is 2.15. The highest BCUT2D eigenvalue weighted by Gasteiger charge is 2.26. The molecule has 1 aromatic rings. The second kappa shape index (κ2) is 3.71. The smallest absolute Gasteiger partial charge is 0.225 e. The van der Waals surface area contributed by atoms with E-state index < -0.39 is 21.6 Å². The first-order valence-corrected chi connectivity index (χ1v) is 6.45. The van der Waals surface area contributed by atoms with Crippen LogP contribution in [0.5, 0.6) is 0 Å². The average molecular weight is 264 g/mol. The van der Waals surface area contributed by atoms with Crippen molar-refractivity contribution in [3.05, 3.63) is 23.0 Å². The van der Waals surface area contributed by atoms with Crippen LogP contribution >= 0.6 is 11.6 Å². The zero-order valence-corrected chi connectivity index (χ0v) is 9.53. The minimum atomic E-state index is -3.63. The zero-order chi connectivity index (χ0) is 11.9. The van der Waals surface area contributed by atoms with E-state index in [4.69, 9.17) is 11.6 Å². The van der Waals surface area contributed by atoms with E-state index in [1.54, 1.807) is 0 Å². The Morgan fingerprint density at radius 1 is 1.38 bits per heavy atom. The number of hydrogen-bond donors (Lipinski definition) is 1. The topological polar surface area (TPSA) is 63.2 Å². The summed E-state index contributed by atoms with van der Waals surface area (Å²) >= 11 is 5.52. The maximum Gasteiger partial charge on any atom is 0.225 e. The quantitative estimate of drug-likeness (QED) is 0.773. The fourth-order valence-corrected chi connectivity index (χ4v) is 3.00. The van der Waals surface area contributed by atoms with Crippen LogP contribution in [0.2, 0.25) is 5.02 Å². The molecule has 0 spiro atoms. The van der Waals surface area contributed by atoms with Gasteiger partial charge in [0.2, 0.25) is 5.91 Å². The van der Waals surface area contributed by atoms with E-state index in [9.17, 15) is 17.6 Å². The molecule has 4 nitrogen and oxygen atoms in total. The van der Waals surface area contributed by atoms with E-state index in [2.05, 4.69) is 5.32 Å². The van der Waals surface area contributed by atoms with E-state index in [-0.39, 0.29) is 27.8 Å². The lowest BCUT2D eigenvalue weighted by Gasteiger charge is -2.07. The Bertz CT molecular complexity index is 570. The summed E-state index contributed by atoms with van der Waals surface area (Å²) in [6, 6.07) is 1.94. The Morgan fingerprint density at radius 3 is 2.75 bits per heavy atom. The van der Waals surface area contributed by atoms with Crippen LogP contribution in [0.4, 0.5) is 10.1 Å². The molecule has 0 aromatic heterocycles. The Balaban J connectivity index is 2.71. The van der Waals surface area contributed by atoms with Crippen molar-refractivity contribution in [3.63, 3.8) is 0 Å². The first-order valence-electron chi connectivity index (χ1n) is 4.42. The number of nitrogens with one attached hydrogen (secondary N) is 1. The van der Waals surface area contributed by atoms with E-state index in [1.807, 2.05) is 0 Å². The van der Waals surface area contributed by atoms with Crippen LogP contribution in [0.1, 0.15) is 6.42 Å². The summed E-state index contributed by atoms with van der Waals surface area (Å²) in [6.45, 7) is 0. The number of carbonyl (C=O) groups is 1. The third kappa shape index (κ3) is 1.90. The molecular weight excluding hydrogens is 257 g/mol. The summed E-state index contributed by atoms with van der Waals surface area (Å²) < 4.78 is 36.6. The number of rotatable bonds is 0. The normalized spacial score (nSPS) is 18.5. The molecule has 1 aromatic carbocycles. The van der Waals surface area contributed by atoms with Gasteiger partial charge in [-0.2, -0.15) is 0 Å². The molecule has 1 aliphatic heterocycles. The van der Waals surface area contributed by atoms with Gasteiger partial charge in [0.15, 0.2) is 9.84 Å². The number of sulfone groups is 1. The number of amides is 1. The molecule has 16 heavy (non-hydrogen) atoms. The van der Waals surface area contributed by atoms with Crippen molar-refractivity contribution in [2.75, 3.05) is 11.1 Å². The summed E-state index contributed by atoms with van der Waals surface area (Å²) in [5.41, 5.74) is 0.0360. The van der Waals surface area contributed by atoms with Crippen molar-refractivity contribution in [1.29, 1.82) is 0 Å². The number of anilines is 1. The van der Waals surface area contributed by atoms with Gasteiger partial charge in [-0.15, -0.1) is 0 Å². The van der Waals surface area contributed by atoms with Crippen LogP contribution in [-0.2, 0) is 14.6 Å². The Kier molecular flexibility index (Phi) is 2.63. The van der Waals surface area contributed by atoms with E-state index in [1.165, 1.54) is 0 Å². The fourth-order valence-electron chi connectivity index (χ4n) is 1.43. The highest BCUT2D eigenvalue weighted by atomic mass is 35.5. The SMILES string of the molecule is O=C1CCS(=O)(=O)c2cc(F)c(Cl)cc2N1. The standard InChI is InChI=1S/C9H7ClFNO3S/c10-5-3-7-8(4-6(5)11)16(14,15)2-1-9(13)12-7/h3-4H,1-2H2,(H,12,13). The van der Waals surface area contributed by atoms with E-state index in [0.717, 1.165) is 12.1 Å². The lowest BCUT2D eigenvalue weighted by atomic mass is 10.3. The molecule has 1 amide bonds. The summed E-state index contributed by atoms with van der Waals surface area (Å²) in [5.74, 6) is -1.57. The maximum absolute atomic E-state index is 13.2. The van der Waals surface area contributed by atoms with Crippen LogP contribution in [0, 0.1) is 5.82 Å². The van der Waals surface area contributed by atoms with Crippen LogP contribution in [-0.4, -0.2) is 20.1 Å². The van der Waals surface area contributed by atoms with Gasteiger partial charge in [0.05, 0.1) is 21.4 Å². The summed E-state index contributed by atoms with van der Waals surface area (Å²) in [7, 11) is -3.63. The molecule has 1 aliphatic rings. The van der Waals surface area contributed by atoms with Crippen LogP contribution in [0.15, 0.2) is 17.0 Å². The third-order valence-corrected chi connectivity index (χ3v) is 4.27. The molecule has 0 atom stereocenters. The minimum Gasteiger partial charge on any atom is -0.325 e. The Morgan fingerprint density at radius 2 is 2.06 bits per heavy atom. The molecule has 1 heterocycles. The molecule has 0 bridgehead atoms. The lowest BCUT2D eigenvalue weighted by molar-refractivity contribution is -0.115. The molecule has 0 aliphatic carbocycles. The highest BCUT2D eigenvalue weighted by molar-refractivity contribution is 7.91. The second-order valence-corrected chi connectivity index (χ2v) is 5.86. The number of carbonyl (C=O) groups excluding carboxylic acids is 1. The van der Waals surface area contributed by atoms with Gasteiger partial charge >= 0.3 is 0 Å². The lowest BCUT2D eigenvalue weighted by Crippen LogP contribution is -2.11. The van der Waals surface area contributed by atoms with Crippen LogP contribution < -0.4 is 5.32 Å². The van der Waals surface area contributed by atoms with Crippen molar-refractivity contribution in [3.8, 4) is 0 Å². The van der Waals surface area contributed by atoms with Gasteiger partial charge in [0.25, 0.3) is 0 Å². The van der Waals surface area contributed by atoms with Gasteiger partial charge in [-0.05, 0) is 12.1 Å². The van der Waals surface area contributed by atoms with Crippen molar-refractivity contribution in [2.24, 2.45) is 0 Å². The maximum atomic E-state index is 13.2. The van der Waals surface area contributed by atoms with Crippen molar-refractivity contribution >= 4 is 33.0 Å². The van der Waals surface area contributed by atoms with Crippen molar-refractivity contribution < 1.29 is 17.6 Å². The molecule has 0 saturated carbocycles. The molecule has 86 valence electrons. The first-order chi connectivity index (χ1) is 7.40. The first kappa shape index (κ1) is 11.3. The molecule has 0 fully saturated rings. The largest absolute Gasteiger partial charge is 0.325 e. The summed E-state index contributed by atoms with van der Waals surface area (Å²) in [6.07, 6.45) is -0.143. The van der Waals surface area contributed by atoms with Crippen molar-refractivity contribution in [1.82, 2.24) is 0 Å². The Hall–Kier alpha value is -1.14. The molecule has 7 heteroatoms. The average Bonchev–Trinajstić information content (AvgIpc) is 2.29. The van der Waals surface area contributed by atoms with Crippen molar-refractivity contribution in [2.45, 2.75) is 11.3 Å². The van der Waals surface area contributed by atoms with Gasteiger partial charge in [0.1, 0.15) is 5.82 Å². The van der Waals surface area contributed by atoms with Gasteiger partial charge in [-0.3, -0.25) is 4.79 Å². The number of hydrogen-bond acceptors (Lipinski definition) is 3. The van der Waals surface area contributed by atoms with E-state index >= 15 is 0 Å². The zero-order valence-electron chi connectivity index (χ0n) is 7.96. The highest BCUT2D eigenvalue weighted by Crippen LogP contribution is 2.30. The molecular formula is C9H7ClFNO3S. The monoisotopic (exact) mass is 263 g/mol. The molecule has 1 N–H and O–H groups in total. The number of fused-ring (bicyclic) bond motifs is 1. The second-order valence-electron chi connectivity index (χ2n) is 3.38. The van der Waals surface area contributed by atoms with Gasteiger partial charge in [-0.25, -0.2) is 12.8 Å². The molecule has 0 saturated heterocycles. The third-order valence-electron chi connectivity index (χ3n) is 2.23. The fraction of sp³-hybridized carbons (Fsp3) is 0.222. The predicted octanol–water partition coefficient (Wildman–Crippen LogP) is 1.59. The molecule has 0 radical (unpaired) electrons. The number of benzene rings is 1. The predicted molar refractivity (Wildman–Crippen MR) is 56.7 cm³/mol. The van der Waals surface area contributed by atoms with Crippen LogP contribution in [0.25, 0.3) is 0 Å². The van der Waals surface area contributed by atoms with Crippen LogP contribution in [0.3, 0.4) is 0 Å². The summed E-state index contributed by atoms with van der Waals surface area (Å²) in [4.78, 5) is 11.0. The molecule has 0 unspecified atom stereocenters. The molecule has 2 rings (SSSR count). The van der Waals surface area contributed by atoms with Gasteiger partial charge < -0.3 is 5.32 Å². The number of halogens is 2. The minimum absolute atomic E-state index is 0.0360. The Labute approximate surface area is 96.3 Å².